The fraction of sp³-hybridized carbons (Fsp3) is 0.333. The highest BCUT2D eigenvalue weighted by atomic mass is 35.5. The molecule has 1 fully saturated rings. The minimum absolute atomic E-state index is 0.0308. The maximum Gasteiger partial charge on any atom is 0.251 e. The van der Waals surface area contributed by atoms with Gasteiger partial charge in [0.25, 0.3) is 5.91 Å². The van der Waals surface area contributed by atoms with Gasteiger partial charge in [0, 0.05) is 18.5 Å². The van der Waals surface area contributed by atoms with Crippen LogP contribution >= 0.6 is 11.6 Å². The van der Waals surface area contributed by atoms with Gasteiger partial charge in [-0.15, -0.1) is 0 Å². The fourth-order valence-corrected chi connectivity index (χ4v) is 3.22. The average Bonchev–Trinajstić information content (AvgIpc) is 3.12. The first-order valence-corrected chi connectivity index (χ1v) is 9.70. The Morgan fingerprint density at radius 1 is 1.14 bits per heavy atom. The largest absolute Gasteiger partial charge is 0.494 e. The molecule has 0 bridgehead atoms. The van der Waals surface area contributed by atoms with Crippen molar-refractivity contribution >= 4 is 29.1 Å². The van der Waals surface area contributed by atoms with Crippen molar-refractivity contribution in [1.82, 2.24) is 5.32 Å². The second-order valence-electron chi connectivity index (χ2n) is 6.32. The quantitative estimate of drug-likeness (QED) is 0.684. The van der Waals surface area contributed by atoms with E-state index in [0.717, 1.165) is 12.2 Å². The first kappa shape index (κ1) is 20.0. The summed E-state index contributed by atoms with van der Waals surface area (Å²) < 4.78 is 11.0. The first-order chi connectivity index (χ1) is 13.6. The Morgan fingerprint density at radius 2 is 1.86 bits per heavy atom. The van der Waals surface area contributed by atoms with E-state index in [9.17, 15) is 9.59 Å². The number of hydrogen-bond acceptors (Lipinski definition) is 4. The predicted molar refractivity (Wildman–Crippen MR) is 108 cm³/mol. The highest BCUT2D eigenvalue weighted by Crippen LogP contribution is 2.30. The minimum atomic E-state index is -0.236. The maximum absolute atomic E-state index is 12.4. The summed E-state index contributed by atoms with van der Waals surface area (Å²) in [6, 6.07) is 12.3. The second-order valence-corrected chi connectivity index (χ2v) is 6.73. The van der Waals surface area contributed by atoms with E-state index in [1.165, 1.54) is 0 Å². The molecule has 0 spiro atoms. The van der Waals surface area contributed by atoms with E-state index < -0.39 is 0 Å². The number of hydrogen-bond donors (Lipinski definition) is 1. The first-order valence-electron chi connectivity index (χ1n) is 9.32. The number of carbonyl (C=O) groups is 2. The molecule has 0 atom stereocenters. The number of amides is 2. The van der Waals surface area contributed by atoms with Gasteiger partial charge in [-0.1, -0.05) is 11.6 Å². The van der Waals surface area contributed by atoms with Crippen LogP contribution in [0.15, 0.2) is 42.5 Å². The summed E-state index contributed by atoms with van der Waals surface area (Å²) in [6.45, 7) is 3.86. The van der Waals surface area contributed by atoms with Gasteiger partial charge in [0.15, 0.2) is 0 Å². The molecule has 1 aliphatic rings. The van der Waals surface area contributed by atoms with Gasteiger partial charge in [-0.3, -0.25) is 9.59 Å². The van der Waals surface area contributed by atoms with Crippen LogP contribution in [0.2, 0.25) is 5.02 Å². The third kappa shape index (κ3) is 4.95. The van der Waals surface area contributed by atoms with Crippen molar-refractivity contribution < 1.29 is 19.1 Å². The molecule has 6 nitrogen and oxygen atoms in total. The van der Waals surface area contributed by atoms with Crippen molar-refractivity contribution in [3.8, 4) is 11.5 Å². The minimum Gasteiger partial charge on any atom is -0.494 e. The summed E-state index contributed by atoms with van der Waals surface area (Å²) in [5.41, 5.74) is 1.04. The molecule has 28 heavy (non-hydrogen) atoms. The Kier molecular flexibility index (Phi) is 6.76. The maximum atomic E-state index is 12.4. The number of halogens is 1. The highest BCUT2D eigenvalue weighted by molar-refractivity contribution is 6.34. The summed E-state index contributed by atoms with van der Waals surface area (Å²) in [6.07, 6.45) is 1.31. The summed E-state index contributed by atoms with van der Waals surface area (Å²) >= 11 is 6.22. The number of rotatable bonds is 8. The molecule has 1 N–H and O–H groups in total. The Balaban J connectivity index is 1.51. The average molecular weight is 403 g/mol. The number of benzene rings is 2. The molecular formula is C21H23ClN2O4. The lowest BCUT2D eigenvalue weighted by molar-refractivity contribution is -0.117. The zero-order chi connectivity index (χ0) is 19.9. The summed E-state index contributed by atoms with van der Waals surface area (Å²) in [5, 5.41) is 3.28. The van der Waals surface area contributed by atoms with Crippen LogP contribution in [0.4, 0.5) is 5.69 Å². The number of anilines is 1. The van der Waals surface area contributed by atoms with Gasteiger partial charge in [0.05, 0.1) is 23.9 Å². The van der Waals surface area contributed by atoms with E-state index in [1.807, 2.05) is 31.2 Å². The van der Waals surface area contributed by atoms with Crippen molar-refractivity contribution in [2.24, 2.45) is 0 Å². The van der Waals surface area contributed by atoms with E-state index in [0.29, 0.717) is 54.7 Å². The van der Waals surface area contributed by atoms with Gasteiger partial charge in [-0.25, -0.2) is 0 Å². The summed E-state index contributed by atoms with van der Waals surface area (Å²) in [4.78, 5) is 26.0. The summed E-state index contributed by atoms with van der Waals surface area (Å²) in [7, 11) is 0. The Bertz CT molecular complexity index is 839. The topological polar surface area (TPSA) is 67.9 Å². The van der Waals surface area contributed by atoms with E-state index in [-0.39, 0.29) is 11.8 Å². The molecule has 1 saturated heterocycles. The Morgan fingerprint density at radius 3 is 2.50 bits per heavy atom. The molecule has 0 aromatic heterocycles. The van der Waals surface area contributed by atoms with Crippen molar-refractivity contribution in [3.63, 3.8) is 0 Å². The van der Waals surface area contributed by atoms with Crippen LogP contribution in [-0.4, -0.2) is 38.1 Å². The monoisotopic (exact) mass is 402 g/mol. The Labute approximate surface area is 169 Å². The Hall–Kier alpha value is -2.73. The molecule has 2 aromatic carbocycles. The molecule has 1 aliphatic heterocycles. The van der Waals surface area contributed by atoms with Gasteiger partial charge in [0.2, 0.25) is 5.91 Å². The standard InChI is InChI=1S/C21H23ClN2O4/c1-2-27-16-6-8-17(9-7-16)28-13-11-23-21(26)15-5-10-18(22)19(14-15)24-12-3-4-20(24)25/h5-10,14H,2-4,11-13H2,1H3,(H,23,26). The van der Waals surface area contributed by atoms with Crippen LogP contribution in [-0.2, 0) is 4.79 Å². The number of nitrogens with zero attached hydrogens (tertiary/aromatic N) is 1. The van der Waals surface area contributed by atoms with E-state index in [2.05, 4.69) is 5.32 Å². The molecule has 0 aliphatic carbocycles. The lowest BCUT2D eigenvalue weighted by Gasteiger charge is -2.18. The van der Waals surface area contributed by atoms with E-state index in [4.69, 9.17) is 21.1 Å². The fourth-order valence-electron chi connectivity index (χ4n) is 3.00. The third-order valence-corrected chi connectivity index (χ3v) is 4.68. The molecule has 148 valence electrons. The van der Waals surface area contributed by atoms with Gasteiger partial charge in [0.1, 0.15) is 18.1 Å². The number of carbonyl (C=O) groups excluding carboxylic acids is 2. The van der Waals surface area contributed by atoms with Crippen LogP contribution < -0.4 is 19.7 Å². The third-order valence-electron chi connectivity index (χ3n) is 4.36. The van der Waals surface area contributed by atoms with Gasteiger partial charge in [-0.05, 0) is 55.8 Å². The normalized spacial score (nSPS) is 13.5. The molecule has 2 amide bonds. The predicted octanol–water partition coefficient (Wildman–Crippen LogP) is 3.67. The smallest absolute Gasteiger partial charge is 0.251 e. The molecular weight excluding hydrogens is 380 g/mol. The van der Waals surface area contributed by atoms with Gasteiger partial charge in [-0.2, -0.15) is 0 Å². The van der Waals surface area contributed by atoms with Crippen molar-refractivity contribution in [3.05, 3.63) is 53.1 Å². The van der Waals surface area contributed by atoms with Crippen LogP contribution in [0.3, 0.4) is 0 Å². The van der Waals surface area contributed by atoms with Crippen LogP contribution in [0.25, 0.3) is 0 Å². The van der Waals surface area contributed by atoms with Crippen molar-refractivity contribution in [2.75, 3.05) is 31.2 Å². The molecule has 0 saturated carbocycles. The molecule has 1 heterocycles. The van der Waals surface area contributed by atoms with Crippen LogP contribution in [0, 0.1) is 0 Å². The second kappa shape index (κ2) is 9.46. The zero-order valence-corrected chi connectivity index (χ0v) is 16.5. The lowest BCUT2D eigenvalue weighted by Crippen LogP contribution is -2.29. The molecule has 0 radical (unpaired) electrons. The van der Waals surface area contributed by atoms with E-state index in [1.54, 1.807) is 23.1 Å². The van der Waals surface area contributed by atoms with Gasteiger partial charge >= 0.3 is 0 Å². The number of nitrogens with one attached hydrogen (secondary N) is 1. The summed E-state index contributed by atoms with van der Waals surface area (Å²) in [5.74, 6) is 1.29. The van der Waals surface area contributed by atoms with Crippen molar-refractivity contribution in [1.29, 1.82) is 0 Å². The number of ether oxygens (including phenoxy) is 2. The molecule has 2 aromatic rings. The zero-order valence-electron chi connectivity index (χ0n) is 15.7. The van der Waals surface area contributed by atoms with Crippen LogP contribution in [0.1, 0.15) is 30.1 Å². The van der Waals surface area contributed by atoms with Gasteiger partial charge < -0.3 is 19.7 Å². The SMILES string of the molecule is CCOc1ccc(OCCNC(=O)c2ccc(Cl)c(N3CCCC3=O)c2)cc1. The van der Waals surface area contributed by atoms with Crippen LogP contribution in [0.5, 0.6) is 11.5 Å². The molecule has 0 unspecified atom stereocenters. The lowest BCUT2D eigenvalue weighted by atomic mass is 10.1. The van der Waals surface area contributed by atoms with E-state index >= 15 is 0 Å². The highest BCUT2D eigenvalue weighted by Gasteiger charge is 2.24. The molecule has 3 rings (SSSR count). The van der Waals surface area contributed by atoms with Crippen molar-refractivity contribution in [2.45, 2.75) is 19.8 Å². The molecule has 7 heteroatoms.